The molecular weight excluding hydrogens is 250 g/mol. The summed E-state index contributed by atoms with van der Waals surface area (Å²) in [5, 5.41) is 3.85. The molecule has 1 N–H and O–H groups in total. The van der Waals surface area contributed by atoms with E-state index >= 15 is 0 Å². The average Bonchev–Trinajstić information content (AvgIpc) is 2.74. The van der Waals surface area contributed by atoms with Crippen LogP contribution in [0, 0.1) is 11.6 Å². The lowest BCUT2D eigenvalue weighted by Crippen LogP contribution is -2.26. The molecule has 5 nitrogen and oxygen atoms in total. The molecule has 18 heavy (non-hydrogen) atoms. The van der Waals surface area contributed by atoms with Gasteiger partial charge in [-0.25, -0.2) is 0 Å². The van der Waals surface area contributed by atoms with Gasteiger partial charge in [0.2, 0.25) is 0 Å². The van der Waals surface area contributed by atoms with Crippen LogP contribution in [0.4, 0.5) is 0 Å². The highest BCUT2D eigenvalue weighted by molar-refractivity contribution is 7.71. The Labute approximate surface area is 109 Å². The molecule has 0 aliphatic carbocycles. The Kier molecular flexibility index (Phi) is 3.57. The van der Waals surface area contributed by atoms with E-state index in [4.69, 9.17) is 16.7 Å². The number of amides is 1. The third kappa shape index (κ3) is 2.65. The fourth-order valence-electron chi connectivity index (χ4n) is 1.60. The largest absolute Gasteiger partial charge is 0.361 e. The number of carbonyl (C=O) groups excluding carboxylic acids is 1. The van der Waals surface area contributed by atoms with Crippen molar-refractivity contribution in [1.82, 2.24) is 15.0 Å². The molecule has 0 aliphatic heterocycles. The first-order valence-corrected chi connectivity index (χ1v) is 5.84. The molecule has 1 amide bonds. The number of nitrogens with zero attached hydrogens (tertiary/aromatic N) is 2. The standard InChI is InChI=1S/C12H13N3O2S/c1-8-6-9(14-17-8)7-15(2)12(16)10-4-3-5-13-11(10)18/h3-6H,7H2,1-2H3,(H,13,18). The van der Waals surface area contributed by atoms with Crippen LogP contribution in [0.3, 0.4) is 0 Å². The predicted molar refractivity (Wildman–Crippen MR) is 68.7 cm³/mol. The van der Waals surface area contributed by atoms with Gasteiger partial charge in [0.15, 0.2) is 0 Å². The summed E-state index contributed by atoms with van der Waals surface area (Å²) in [6, 6.07) is 5.25. The zero-order valence-corrected chi connectivity index (χ0v) is 11.0. The Balaban J connectivity index is 2.15. The van der Waals surface area contributed by atoms with Crippen molar-refractivity contribution in [2.24, 2.45) is 0 Å². The van der Waals surface area contributed by atoms with Crippen molar-refractivity contribution in [3.05, 3.63) is 46.1 Å². The number of pyridine rings is 1. The second-order valence-electron chi connectivity index (χ2n) is 4.00. The predicted octanol–water partition coefficient (Wildman–Crippen LogP) is 2.31. The summed E-state index contributed by atoms with van der Waals surface area (Å²) in [6.07, 6.45) is 1.69. The number of rotatable bonds is 3. The second kappa shape index (κ2) is 5.14. The first kappa shape index (κ1) is 12.5. The Morgan fingerprint density at radius 1 is 1.61 bits per heavy atom. The number of aromatic nitrogens is 2. The molecule has 2 heterocycles. The normalized spacial score (nSPS) is 10.3. The molecule has 0 aromatic carbocycles. The summed E-state index contributed by atoms with van der Waals surface area (Å²) >= 11 is 5.08. The van der Waals surface area contributed by atoms with Gasteiger partial charge in [0.1, 0.15) is 16.1 Å². The first-order chi connectivity index (χ1) is 8.58. The molecule has 0 saturated heterocycles. The Morgan fingerprint density at radius 2 is 2.39 bits per heavy atom. The van der Waals surface area contributed by atoms with Crippen LogP contribution in [0.2, 0.25) is 0 Å². The van der Waals surface area contributed by atoms with Gasteiger partial charge in [-0.1, -0.05) is 17.4 Å². The minimum absolute atomic E-state index is 0.141. The van der Waals surface area contributed by atoms with E-state index in [1.165, 1.54) is 0 Å². The van der Waals surface area contributed by atoms with Gasteiger partial charge in [0.05, 0.1) is 12.1 Å². The molecule has 0 bridgehead atoms. The molecule has 2 aromatic heterocycles. The topological polar surface area (TPSA) is 62.1 Å². The molecule has 6 heteroatoms. The number of H-pyrrole nitrogens is 1. The Bertz CT molecular complexity index is 618. The van der Waals surface area contributed by atoms with Gasteiger partial charge in [0, 0.05) is 19.3 Å². The molecule has 0 saturated carbocycles. The van der Waals surface area contributed by atoms with Gasteiger partial charge in [0.25, 0.3) is 5.91 Å². The zero-order valence-electron chi connectivity index (χ0n) is 10.1. The van der Waals surface area contributed by atoms with E-state index < -0.39 is 0 Å². The molecule has 0 unspecified atom stereocenters. The summed E-state index contributed by atoms with van der Waals surface area (Å²) in [5.41, 5.74) is 1.20. The molecule has 0 fully saturated rings. The van der Waals surface area contributed by atoms with E-state index in [2.05, 4.69) is 10.1 Å². The van der Waals surface area contributed by atoms with Gasteiger partial charge < -0.3 is 14.4 Å². The molecule has 2 aromatic rings. The van der Waals surface area contributed by atoms with Crippen LogP contribution in [0.5, 0.6) is 0 Å². The molecular formula is C12H13N3O2S. The number of hydrogen-bond donors (Lipinski definition) is 1. The number of aryl methyl sites for hydroxylation is 1. The highest BCUT2D eigenvalue weighted by Gasteiger charge is 2.14. The van der Waals surface area contributed by atoms with Gasteiger partial charge in [-0.3, -0.25) is 4.79 Å². The monoisotopic (exact) mass is 263 g/mol. The van der Waals surface area contributed by atoms with Crippen molar-refractivity contribution < 1.29 is 9.32 Å². The van der Waals surface area contributed by atoms with Crippen molar-refractivity contribution in [2.75, 3.05) is 7.05 Å². The second-order valence-corrected chi connectivity index (χ2v) is 4.41. The maximum Gasteiger partial charge on any atom is 0.256 e. The van der Waals surface area contributed by atoms with Gasteiger partial charge in [-0.05, 0) is 19.1 Å². The van der Waals surface area contributed by atoms with E-state index in [1.807, 2.05) is 6.92 Å². The molecule has 2 rings (SSSR count). The van der Waals surface area contributed by atoms with Gasteiger partial charge in [-0.15, -0.1) is 0 Å². The van der Waals surface area contributed by atoms with E-state index in [0.717, 1.165) is 5.76 Å². The zero-order chi connectivity index (χ0) is 13.1. The molecule has 0 radical (unpaired) electrons. The third-order valence-corrected chi connectivity index (χ3v) is 2.81. The lowest BCUT2D eigenvalue weighted by molar-refractivity contribution is 0.0781. The minimum atomic E-state index is -0.141. The van der Waals surface area contributed by atoms with E-state index in [0.29, 0.717) is 22.4 Å². The molecule has 94 valence electrons. The highest BCUT2D eigenvalue weighted by Crippen LogP contribution is 2.09. The van der Waals surface area contributed by atoms with E-state index in [-0.39, 0.29) is 5.91 Å². The fourth-order valence-corrected chi connectivity index (χ4v) is 1.83. The SMILES string of the molecule is Cc1cc(CN(C)C(=O)c2ccc[nH]c2=S)no1. The van der Waals surface area contributed by atoms with Crippen molar-refractivity contribution in [2.45, 2.75) is 13.5 Å². The van der Waals surface area contributed by atoms with Crippen molar-refractivity contribution in [3.63, 3.8) is 0 Å². The lowest BCUT2D eigenvalue weighted by atomic mass is 10.2. The fraction of sp³-hybridized carbons (Fsp3) is 0.250. The van der Waals surface area contributed by atoms with Crippen LogP contribution in [-0.2, 0) is 6.54 Å². The Morgan fingerprint density at radius 3 is 3.00 bits per heavy atom. The van der Waals surface area contributed by atoms with Crippen LogP contribution in [-0.4, -0.2) is 28.0 Å². The van der Waals surface area contributed by atoms with Crippen LogP contribution in [0.25, 0.3) is 0 Å². The number of carbonyl (C=O) groups is 1. The molecule has 0 atom stereocenters. The van der Waals surface area contributed by atoms with Gasteiger partial charge >= 0.3 is 0 Å². The molecule has 0 spiro atoms. The van der Waals surface area contributed by atoms with Crippen LogP contribution >= 0.6 is 12.2 Å². The van der Waals surface area contributed by atoms with E-state index in [9.17, 15) is 4.79 Å². The van der Waals surface area contributed by atoms with Crippen molar-refractivity contribution in [1.29, 1.82) is 0 Å². The maximum absolute atomic E-state index is 12.2. The summed E-state index contributed by atoms with van der Waals surface area (Å²) in [4.78, 5) is 16.5. The summed E-state index contributed by atoms with van der Waals surface area (Å²) in [6.45, 7) is 2.20. The van der Waals surface area contributed by atoms with Crippen LogP contribution < -0.4 is 0 Å². The lowest BCUT2D eigenvalue weighted by Gasteiger charge is -2.15. The smallest absolute Gasteiger partial charge is 0.256 e. The highest BCUT2D eigenvalue weighted by atomic mass is 32.1. The third-order valence-electron chi connectivity index (χ3n) is 2.47. The number of aromatic amines is 1. The van der Waals surface area contributed by atoms with E-state index in [1.54, 1.807) is 36.3 Å². The summed E-state index contributed by atoms with van der Waals surface area (Å²) in [7, 11) is 1.70. The summed E-state index contributed by atoms with van der Waals surface area (Å²) in [5.74, 6) is 0.584. The Hall–Kier alpha value is -1.95. The average molecular weight is 263 g/mol. The first-order valence-electron chi connectivity index (χ1n) is 5.43. The van der Waals surface area contributed by atoms with Crippen LogP contribution in [0.1, 0.15) is 21.8 Å². The number of nitrogens with one attached hydrogen (secondary N) is 1. The molecule has 0 aliphatic rings. The maximum atomic E-state index is 12.2. The number of hydrogen-bond acceptors (Lipinski definition) is 4. The van der Waals surface area contributed by atoms with Gasteiger partial charge in [-0.2, -0.15) is 0 Å². The van der Waals surface area contributed by atoms with Crippen molar-refractivity contribution >= 4 is 18.1 Å². The minimum Gasteiger partial charge on any atom is -0.361 e. The summed E-state index contributed by atoms with van der Waals surface area (Å²) < 4.78 is 5.40. The van der Waals surface area contributed by atoms with Crippen LogP contribution in [0.15, 0.2) is 28.9 Å². The van der Waals surface area contributed by atoms with Crippen molar-refractivity contribution in [3.8, 4) is 0 Å². The quantitative estimate of drug-likeness (QED) is 0.863.